The van der Waals surface area contributed by atoms with Crippen molar-refractivity contribution in [2.45, 2.75) is 30.7 Å². The van der Waals surface area contributed by atoms with Crippen LogP contribution in [0.25, 0.3) is 0 Å². The zero-order chi connectivity index (χ0) is 19.3. The SMILES string of the molecule is COC(=O)c1ccc(CN2C(=O)C3CC(O)CN3C3(CN(C)C3)C2=O)cc1. The molecule has 3 saturated heterocycles. The summed E-state index contributed by atoms with van der Waals surface area (Å²) in [6, 6.07) is 6.24. The third-order valence-electron chi connectivity index (χ3n) is 5.80. The van der Waals surface area contributed by atoms with Crippen molar-refractivity contribution < 1.29 is 24.2 Å². The Labute approximate surface area is 157 Å². The van der Waals surface area contributed by atoms with Crippen molar-refractivity contribution in [2.24, 2.45) is 0 Å². The van der Waals surface area contributed by atoms with Gasteiger partial charge in [-0.25, -0.2) is 4.79 Å². The Hall–Kier alpha value is -2.29. The average Bonchev–Trinajstić information content (AvgIpc) is 3.03. The molecule has 8 nitrogen and oxygen atoms in total. The summed E-state index contributed by atoms with van der Waals surface area (Å²) in [7, 11) is 3.25. The van der Waals surface area contributed by atoms with Crippen LogP contribution in [0.15, 0.2) is 24.3 Å². The van der Waals surface area contributed by atoms with E-state index in [2.05, 4.69) is 4.74 Å². The molecule has 1 N–H and O–H groups in total. The molecule has 4 rings (SSSR count). The number of rotatable bonds is 3. The number of carbonyl (C=O) groups excluding carboxylic acids is 3. The number of hydrogen-bond acceptors (Lipinski definition) is 7. The Morgan fingerprint density at radius 3 is 2.52 bits per heavy atom. The number of aliphatic hydroxyl groups excluding tert-OH is 1. The van der Waals surface area contributed by atoms with E-state index in [-0.39, 0.29) is 18.4 Å². The number of esters is 1. The summed E-state index contributed by atoms with van der Waals surface area (Å²) in [4.78, 5) is 43.0. The van der Waals surface area contributed by atoms with Gasteiger partial charge in [0.05, 0.1) is 31.4 Å². The lowest BCUT2D eigenvalue weighted by Gasteiger charge is -2.57. The largest absolute Gasteiger partial charge is 0.465 e. The van der Waals surface area contributed by atoms with E-state index in [9.17, 15) is 19.5 Å². The van der Waals surface area contributed by atoms with Crippen molar-refractivity contribution in [3.63, 3.8) is 0 Å². The van der Waals surface area contributed by atoms with Crippen LogP contribution in [0.4, 0.5) is 0 Å². The normalized spacial score (nSPS) is 27.6. The predicted octanol–water partition coefficient (Wildman–Crippen LogP) is -0.539. The van der Waals surface area contributed by atoms with Gasteiger partial charge in [0.2, 0.25) is 5.91 Å². The molecule has 0 saturated carbocycles. The summed E-state index contributed by atoms with van der Waals surface area (Å²) in [5.41, 5.74) is 0.454. The molecule has 2 unspecified atom stereocenters. The van der Waals surface area contributed by atoms with Gasteiger partial charge in [0.15, 0.2) is 0 Å². The summed E-state index contributed by atoms with van der Waals surface area (Å²) in [6.07, 6.45) is -0.233. The number of hydrogen-bond donors (Lipinski definition) is 1. The third-order valence-corrected chi connectivity index (χ3v) is 5.80. The maximum Gasteiger partial charge on any atom is 0.337 e. The molecule has 2 atom stereocenters. The van der Waals surface area contributed by atoms with Crippen LogP contribution >= 0.6 is 0 Å². The van der Waals surface area contributed by atoms with E-state index in [1.165, 1.54) is 12.0 Å². The number of fused-ring (bicyclic) bond motifs is 2. The number of β-amino-alcohol motifs (C(OH)–C–C–N with tert-alkyl or cyclic N) is 1. The maximum absolute atomic E-state index is 13.2. The number of aliphatic hydroxyl groups is 1. The summed E-state index contributed by atoms with van der Waals surface area (Å²) < 4.78 is 4.69. The van der Waals surface area contributed by atoms with Gasteiger partial charge in [-0.05, 0) is 31.2 Å². The highest BCUT2D eigenvalue weighted by molar-refractivity contribution is 6.06. The topological polar surface area (TPSA) is 90.4 Å². The van der Waals surface area contributed by atoms with E-state index in [4.69, 9.17) is 0 Å². The van der Waals surface area contributed by atoms with E-state index in [1.807, 2.05) is 16.8 Å². The quantitative estimate of drug-likeness (QED) is 0.562. The highest BCUT2D eigenvalue weighted by Crippen LogP contribution is 2.40. The van der Waals surface area contributed by atoms with Gasteiger partial charge < -0.3 is 14.7 Å². The molecule has 1 aromatic rings. The summed E-state index contributed by atoms with van der Waals surface area (Å²) in [5.74, 6) is -0.888. The zero-order valence-corrected chi connectivity index (χ0v) is 15.4. The highest BCUT2D eigenvalue weighted by Gasteiger charge is 2.63. The minimum absolute atomic E-state index is 0.158. The molecule has 2 amide bonds. The Morgan fingerprint density at radius 1 is 1.26 bits per heavy atom. The van der Waals surface area contributed by atoms with Gasteiger partial charge in [-0.2, -0.15) is 0 Å². The molecule has 8 heteroatoms. The second-order valence-corrected chi connectivity index (χ2v) is 7.68. The molecule has 1 aromatic carbocycles. The van der Waals surface area contributed by atoms with Gasteiger partial charge >= 0.3 is 5.97 Å². The average molecular weight is 373 g/mol. The van der Waals surface area contributed by atoms with Crippen LogP contribution in [-0.4, -0.2) is 89.1 Å². The van der Waals surface area contributed by atoms with Gasteiger partial charge in [-0.3, -0.25) is 19.4 Å². The van der Waals surface area contributed by atoms with Gasteiger partial charge in [-0.15, -0.1) is 0 Å². The van der Waals surface area contributed by atoms with Crippen molar-refractivity contribution in [3.8, 4) is 0 Å². The van der Waals surface area contributed by atoms with E-state index < -0.39 is 23.7 Å². The molecule has 3 fully saturated rings. The lowest BCUT2D eigenvalue weighted by molar-refractivity contribution is -0.179. The third kappa shape index (κ3) is 2.75. The number of ether oxygens (including phenoxy) is 1. The van der Waals surface area contributed by atoms with Crippen LogP contribution in [-0.2, 0) is 20.9 Å². The minimum Gasteiger partial charge on any atom is -0.465 e. The Kier molecular flexibility index (Phi) is 4.29. The van der Waals surface area contributed by atoms with Gasteiger partial charge in [0, 0.05) is 19.6 Å². The molecule has 0 aliphatic carbocycles. The molecule has 3 aliphatic rings. The maximum atomic E-state index is 13.2. The van der Waals surface area contributed by atoms with Gasteiger partial charge in [0.1, 0.15) is 5.54 Å². The van der Waals surface area contributed by atoms with Crippen molar-refractivity contribution in [1.29, 1.82) is 0 Å². The lowest BCUT2D eigenvalue weighted by atomic mass is 9.83. The van der Waals surface area contributed by atoms with Crippen LogP contribution in [0.5, 0.6) is 0 Å². The first-order valence-corrected chi connectivity index (χ1v) is 9.02. The van der Waals surface area contributed by atoms with Crippen molar-refractivity contribution >= 4 is 17.8 Å². The Morgan fingerprint density at radius 2 is 1.93 bits per heavy atom. The number of benzene rings is 1. The Balaban J connectivity index is 1.59. The number of imide groups is 1. The van der Waals surface area contributed by atoms with Crippen LogP contribution in [0.3, 0.4) is 0 Å². The molecule has 0 aromatic heterocycles. The smallest absolute Gasteiger partial charge is 0.337 e. The molecule has 27 heavy (non-hydrogen) atoms. The van der Waals surface area contributed by atoms with Crippen molar-refractivity contribution in [3.05, 3.63) is 35.4 Å². The number of likely N-dealkylation sites (tertiary alicyclic amines) is 1. The molecule has 0 radical (unpaired) electrons. The van der Waals surface area contributed by atoms with Gasteiger partial charge in [-0.1, -0.05) is 12.1 Å². The molecular formula is C19H23N3O5. The van der Waals surface area contributed by atoms with E-state index in [0.29, 0.717) is 31.6 Å². The Bertz CT molecular complexity index is 787. The number of methoxy groups -OCH3 is 1. The van der Waals surface area contributed by atoms with E-state index in [0.717, 1.165) is 5.56 Å². The number of amides is 2. The number of likely N-dealkylation sites (N-methyl/N-ethyl adjacent to an activating group) is 1. The minimum atomic E-state index is -0.725. The fourth-order valence-electron chi connectivity index (χ4n) is 4.54. The molecular weight excluding hydrogens is 350 g/mol. The van der Waals surface area contributed by atoms with E-state index >= 15 is 0 Å². The second-order valence-electron chi connectivity index (χ2n) is 7.68. The van der Waals surface area contributed by atoms with Crippen LogP contribution in [0.2, 0.25) is 0 Å². The summed E-state index contributed by atoms with van der Waals surface area (Å²) in [6.45, 7) is 1.63. The highest BCUT2D eigenvalue weighted by atomic mass is 16.5. The summed E-state index contributed by atoms with van der Waals surface area (Å²) in [5, 5.41) is 10.1. The first-order valence-electron chi connectivity index (χ1n) is 9.02. The zero-order valence-electron chi connectivity index (χ0n) is 15.4. The van der Waals surface area contributed by atoms with Crippen LogP contribution in [0, 0.1) is 0 Å². The van der Waals surface area contributed by atoms with Crippen molar-refractivity contribution in [1.82, 2.24) is 14.7 Å². The molecule has 3 heterocycles. The van der Waals surface area contributed by atoms with Crippen LogP contribution in [0.1, 0.15) is 22.3 Å². The molecule has 1 spiro atoms. The van der Waals surface area contributed by atoms with E-state index in [1.54, 1.807) is 24.3 Å². The monoisotopic (exact) mass is 373 g/mol. The van der Waals surface area contributed by atoms with Crippen LogP contribution < -0.4 is 0 Å². The molecule has 3 aliphatic heterocycles. The standard InChI is InChI=1S/C19H23N3O5/c1-20-10-19(11-20)18(26)21(16(24)15-7-14(23)9-22(15)19)8-12-3-5-13(6-4-12)17(25)27-2/h3-6,14-15,23H,7-11H2,1-2H3. The fraction of sp³-hybridized carbons (Fsp3) is 0.526. The van der Waals surface area contributed by atoms with Gasteiger partial charge in [0.25, 0.3) is 5.91 Å². The summed E-state index contributed by atoms with van der Waals surface area (Å²) >= 11 is 0. The van der Waals surface area contributed by atoms with Crippen molar-refractivity contribution in [2.75, 3.05) is 33.8 Å². The number of carbonyl (C=O) groups is 3. The first-order chi connectivity index (χ1) is 12.9. The lowest BCUT2D eigenvalue weighted by Crippen LogP contribution is -2.80. The molecule has 144 valence electrons. The fourth-order valence-corrected chi connectivity index (χ4v) is 4.54. The number of nitrogens with zero attached hydrogens (tertiary/aromatic N) is 3. The predicted molar refractivity (Wildman–Crippen MR) is 94.7 cm³/mol. The molecule has 0 bridgehead atoms. The second kappa shape index (κ2) is 6.40. The number of piperazine rings is 1. The first kappa shape index (κ1) is 18.1.